The highest BCUT2D eigenvalue weighted by molar-refractivity contribution is 7.80. The maximum absolute atomic E-state index is 12.7. The molecular formula is C23H24Cl2N4O2S2. The number of thiocarbonyl (C=S) groups is 1. The van der Waals surface area contributed by atoms with E-state index in [4.69, 9.17) is 40.2 Å². The van der Waals surface area contributed by atoms with Crippen LogP contribution in [-0.2, 0) is 24.1 Å². The topological polar surface area (TPSA) is 68.2 Å². The fourth-order valence-electron chi connectivity index (χ4n) is 3.86. The van der Waals surface area contributed by atoms with Gasteiger partial charge in [-0.2, -0.15) is 5.10 Å². The highest BCUT2D eigenvalue weighted by Crippen LogP contribution is 2.38. The minimum atomic E-state index is -0.295. The highest BCUT2D eigenvalue weighted by atomic mass is 35.5. The third kappa shape index (κ3) is 5.87. The number of ether oxygens (including phenoxy) is 1. The molecule has 33 heavy (non-hydrogen) atoms. The SMILES string of the molecule is CCOC(=O)c1c(NC(=S)Nc2cnn(Cc3ccc(Cl)c(Cl)c3)c2)sc2c1CCCCC2. The normalized spacial score (nSPS) is 13.2. The zero-order chi connectivity index (χ0) is 23.4. The van der Waals surface area contributed by atoms with E-state index in [0.29, 0.717) is 33.9 Å². The molecule has 0 spiro atoms. The van der Waals surface area contributed by atoms with Gasteiger partial charge in [-0.15, -0.1) is 11.3 Å². The van der Waals surface area contributed by atoms with Crippen LogP contribution in [0, 0.1) is 0 Å². The van der Waals surface area contributed by atoms with Gasteiger partial charge in [-0.25, -0.2) is 4.79 Å². The number of nitrogens with zero attached hydrogens (tertiary/aromatic N) is 2. The summed E-state index contributed by atoms with van der Waals surface area (Å²) in [5, 5.41) is 12.9. The molecule has 0 fully saturated rings. The molecule has 0 saturated carbocycles. The van der Waals surface area contributed by atoms with Crippen molar-refractivity contribution < 1.29 is 9.53 Å². The van der Waals surface area contributed by atoms with Gasteiger partial charge >= 0.3 is 5.97 Å². The molecule has 2 N–H and O–H groups in total. The number of fused-ring (bicyclic) bond motifs is 1. The van der Waals surface area contributed by atoms with Gasteiger partial charge in [0, 0.05) is 11.1 Å². The lowest BCUT2D eigenvalue weighted by Crippen LogP contribution is -2.20. The number of benzene rings is 1. The second-order valence-electron chi connectivity index (χ2n) is 7.74. The van der Waals surface area contributed by atoms with E-state index in [9.17, 15) is 4.79 Å². The number of anilines is 2. The summed E-state index contributed by atoms with van der Waals surface area (Å²) in [6.45, 7) is 2.70. The van der Waals surface area contributed by atoms with Crippen LogP contribution >= 0.6 is 46.8 Å². The molecule has 2 aromatic heterocycles. The maximum Gasteiger partial charge on any atom is 0.341 e. The lowest BCUT2D eigenvalue weighted by Gasteiger charge is -2.10. The molecule has 10 heteroatoms. The number of thiophene rings is 1. The second kappa shape index (κ2) is 10.9. The van der Waals surface area contributed by atoms with Crippen molar-refractivity contribution in [3.63, 3.8) is 0 Å². The van der Waals surface area contributed by atoms with Crippen molar-refractivity contribution in [3.8, 4) is 0 Å². The monoisotopic (exact) mass is 522 g/mol. The molecule has 4 rings (SSSR count). The molecule has 0 saturated heterocycles. The number of hydrogen-bond donors (Lipinski definition) is 2. The van der Waals surface area contributed by atoms with Crippen molar-refractivity contribution in [3.05, 3.63) is 62.2 Å². The number of hydrogen-bond acceptors (Lipinski definition) is 5. The van der Waals surface area contributed by atoms with Gasteiger partial charge in [0.15, 0.2) is 5.11 Å². The number of nitrogens with one attached hydrogen (secondary N) is 2. The second-order valence-corrected chi connectivity index (χ2v) is 10.1. The Bertz CT molecular complexity index is 1180. The largest absolute Gasteiger partial charge is 0.462 e. The minimum Gasteiger partial charge on any atom is -0.462 e. The van der Waals surface area contributed by atoms with Gasteiger partial charge < -0.3 is 15.4 Å². The van der Waals surface area contributed by atoms with Crippen LogP contribution in [0.4, 0.5) is 10.7 Å². The van der Waals surface area contributed by atoms with E-state index in [0.717, 1.165) is 47.5 Å². The Morgan fingerprint density at radius 2 is 2.03 bits per heavy atom. The molecule has 174 valence electrons. The summed E-state index contributed by atoms with van der Waals surface area (Å²) in [6, 6.07) is 5.50. The Hall–Kier alpha value is -2.13. The molecule has 0 radical (unpaired) electrons. The number of carbonyl (C=O) groups is 1. The smallest absolute Gasteiger partial charge is 0.341 e. The van der Waals surface area contributed by atoms with Crippen LogP contribution in [0.3, 0.4) is 0 Å². The van der Waals surface area contributed by atoms with E-state index in [1.54, 1.807) is 28.3 Å². The number of rotatable bonds is 6. The zero-order valence-corrected chi connectivity index (χ0v) is 21.3. The molecule has 0 unspecified atom stereocenters. The summed E-state index contributed by atoms with van der Waals surface area (Å²) < 4.78 is 7.12. The van der Waals surface area contributed by atoms with Gasteiger partial charge in [0.05, 0.1) is 40.6 Å². The van der Waals surface area contributed by atoms with Gasteiger partial charge in [0.2, 0.25) is 0 Å². The van der Waals surface area contributed by atoms with Crippen molar-refractivity contribution in [1.82, 2.24) is 9.78 Å². The summed E-state index contributed by atoms with van der Waals surface area (Å²) in [6.07, 6.45) is 8.82. The molecule has 0 atom stereocenters. The summed E-state index contributed by atoms with van der Waals surface area (Å²) in [5.41, 5.74) is 3.45. The molecule has 0 aliphatic heterocycles. The number of carbonyl (C=O) groups excluding carboxylic acids is 1. The van der Waals surface area contributed by atoms with Gasteiger partial charge in [-0.1, -0.05) is 35.7 Å². The number of aryl methyl sites for hydroxylation is 1. The van der Waals surface area contributed by atoms with Crippen molar-refractivity contribution in [2.75, 3.05) is 17.2 Å². The Morgan fingerprint density at radius 1 is 1.21 bits per heavy atom. The van der Waals surface area contributed by atoms with Gasteiger partial charge in [0.25, 0.3) is 0 Å². The molecule has 2 heterocycles. The summed E-state index contributed by atoms with van der Waals surface area (Å²) in [4.78, 5) is 14.0. The Kier molecular flexibility index (Phi) is 7.90. The average Bonchev–Trinajstić information content (AvgIpc) is 3.27. The fraction of sp³-hybridized carbons (Fsp3) is 0.348. The number of halogens is 2. The Morgan fingerprint density at radius 3 is 2.82 bits per heavy atom. The first-order valence-electron chi connectivity index (χ1n) is 10.8. The minimum absolute atomic E-state index is 0.295. The molecule has 1 aliphatic carbocycles. The van der Waals surface area contributed by atoms with Crippen LogP contribution in [0.1, 0.15) is 52.5 Å². The lowest BCUT2D eigenvalue weighted by molar-refractivity contribution is 0.0527. The molecule has 1 aliphatic rings. The quantitative estimate of drug-likeness (QED) is 0.217. The van der Waals surface area contributed by atoms with E-state index in [1.165, 1.54) is 11.3 Å². The van der Waals surface area contributed by atoms with Crippen LogP contribution in [0.2, 0.25) is 10.0 Å². The van der Waals surface area contributed by atoms with Crippen LogP contribution in [0.15, 0.2) is 30.6 Å². The zero-order valence-electron chi connectivity index (χ0n) is 18.1. The van der Waals surface area contributed by atoms with E-state index >= 15 is 0 Å². The van der Waals surface area contributed by atoms with Crippen molar-refractivity contribution in [2.45, 2.75) is 45.6 Å². The van der Waals surface area contributed by atoms with Gasteiger partial charge in [0.1, 0.15) is 5.00 Å². The molecular weight excluding hydrogens is 499 g/mol. The summed E-state index contributed by atoms with van der Waals surface area (Å²) in [7, 11) is 0. The first-order valence-corrected chi connectivity index (χ1v) is 12.8. The average molecular weight is 524 g/mol. The van der Waals surface area contributed by atoms with Crippen LogP contribution in [-0.4, -0.2) is 27.5 Å². The first-order chi connectivity index (χ1) is 15.9. The Balaban J connectivity index is 1.46. The molecule has 3 aromatic rings. The fourth-order valence-corrected chi connectivity index (χ4v) is 5.74. The van der Waals surface area contributed by atoms with E-state index in [-0.39, 0.29) is 5.97 Å². The molecule has 6 nitrogen and oxygen atoms in total. The number of aromatic nitrogens is 2. The van der Waals surface area contributed by atoms with Crippen molar-refractivity contribution in [1.29, 1.82) is 0 Å². The molecule has 0 bridgehead atoms. The highest BCUT2D eigenvalue weighted by Gasteiger charge is 2.26. The first kappa shape index (κ1) is 24.0. The Labute approximate surface area is 212 Å². The van der Waals surface area contributed by atoms with Crippen LogP contribution in [0.25, 0.3) is 0 Å². The number of esters is 1. The lowest BCUT2D eigenvalue weighted by atomic mass is 10.1. The van der Waals surface area contributed by atoms with Crippen molar-refractivity contribution >= 4 is 68.5 Å². The van der Waals surface area contributed by atoms with Gasteiger partial charge in [-0.3, -0.25) is 4.68 Å². The maximum atomic E-state index is 12.7. The van der Waals surface area contributed by atoms with E-state index in [2.05, 4.69) is 15.7 Å². The van der Waals surface area contributed by atoms with E-state index in [1.807, 2.05) is 25.3 Å². The van der Waals surface area contributed by atoms with Crippen LogP contribution < -0.4 is 10.6 Å². The predicted molar refractivity (Wildman–Crippen MR) is 139 cm³/mol. The molecule has 1 aromatic carbocycles. The third-order valence-corrected chi connectivity index (χ3v) is 7.50. The third-order valence-electron chi connectivity index (χ3n) is 5.35. The standard InChI is InChI=1S/C23H24Cl2N4O2S2/c1-2-31-22(30)20-16-6-4-3-5-7-19(16)33-21(20)28-23(32)27-15-11-26-29(13-15)12-14-8-9-17(24)18(25)10-14/h8-11,13H,2-7,12H2,1H3,(H2,27,28,32). The predicted octanol–water partition coefficient (Wildman–Crippen LogP) is 6.55. The summed E-state index contributed by atoms with van der Waals surface area (Å²) >= 11 is 19.2. The van der Waals surface area contributed by atoms with Gasteiger partial charge in [-0.05, 0) is 68.1 Å². The summed E-state index contributed by atoms with van der Waals surface area (Å²) in [5.74, 6) is -0.295. The van der Waals surface area contributed by atoms with Crippen molar-refractivity contribution in [2.24, 2.45) is 0 Å². The van der Waals surface area contributed by atoms with E-state index < -0.39 is 0 Å². The molecule has 0 amide bonds. The van der Waals surface area contributed by atoms with Crippen LogP contribution in [0.5, 0.6) is 0 Å².